The highest BCUT2D eigenvalue weighted by atomic mass is 19.1. The Morgan fingerprint density at radius 3 is 2.89 bits per heavy atom. The van der Waals surface area contributed by atoms with Crippen molar-refractivity contribution >= 4 is 0 Å². The zero-order valence-corrected chi connectivity index (χ0v) is 11.4. The highest BCUT2D eigenvalue weighted by molar-refractivity contribution is 5.36. The molecule has 6 heteroatoms. The molecule has 0 aliphatic heterocycles. The van der Waals surface area contributed by atoms with Crippen molar-refractivity contribution in [3.8, 4) is 5.69 Å². The fraction of sp³-hybridized carbons (Fsp3) is 0.462. The molecule has 5 nitrogen and oxygen atoms in total. The molecule has 2 rings (SSSR count). The summed E-state index contributed by atoms with van der Waals surface area (Å²) in [5, 5.41) is 14.8. The average Bonchev–Trinajstić information content (AvgIpc) is 2.85. The van der Waals surface area contributed by atoms with Crippen LogP contribution in [0.25, 0.3) is 5.69 Å². The van der Waals surface area contributed by atoms with Crippen LogP contribution < -0.4 is 5.32 Å². The number of nitrogens with zero attached hydrogens (tertiary/aromatic N) is 4. The van der Waals surface area contributed by atoms with E-state index in [2.05, 4.69) is 27.8 Å². The number of benzene rings is 1. The molecule has 0 saturated carbocycles. The van der Waals surface area contributed by atoms with E-state index in [0.717, 1.165) is 18.5 Å². The summed E-state index contributed by atoms with van der Waals surface area (Å²) < 4.78 is 15.4. The highest BCUT2D eigenvalue weighted by Gasteiger charge is 2.17. The van der Waals surface area contributed by atoms with Crippen molar-refractivity contribution in [1.82, 2.24) is 25.5 Å². The Kier molecular flexibility index (Phi) is 4.21. The van der Waals surface area contributed by atoms with Gasteiger partial charge in [-0.15, -0.1) is 5.10 Å². The van der Waals surface area contributed by atoms with E-state index < -0.39 is 0 Å². The predicted molar refractivity (Wildman–Crippen MR) is 70.6 cm³/mol. The SMILES string of the molecule is CCCNC(C)c1nnnn1-c1ccc(C)cc1F. The summed E-state index contributed by atoms with van der Waals surface area (Å²) in [4.78, 5) is 0. The van der Waals surface area contributed by atoms with Gasteiger partial charge in [0.05, 0.1) is 6.04 Å². The van der Waals surface area contributed by atoms with E-state index in [4.69, 9.17) is 0 Å². The minimum absolute atomic E-state index is 0.0318. The third-order valence-corrected chi connectivity index (χ3v) is 2.91. The molecule has 1 aromatic carbocycles. The van der Waals surface area contributed by atoms with Gasteiger partial charge in [-0.05, 0) is 54.9 Å². The summed E-state index contributed by atoms with van der Waals surface area (Å²) in [6.45, 7) is 6.76. The summed E-state index contributed by atoms with van der Waals surface area (Å²) >= 11 is 0. The number of nitrogens with one attached hydrogen (secondary N) is 1. The first-order valence-electron chi connectivity index (χ1n) is 6.41. The van der Waals surface area contributed by atoms with Crippen LogP contribution in [0.2, 0.25) is 0 Å². The molecule has 19 heavy (non-hydrogen) atoms. The minimum Gasteiger partial charge on any atom is -0.307 e. The molecule has 1 aromatic heterocycles. The molecular formula is C13H18FN5. The Hall–Kier alpha value is -1.82. The van der Waals surface area contributed by atoms with Gasteiger partial charge in [-0.2, -0.15) is 4.68 Å². The lowest BCUT2D eigenvalue weighted by Gasteiger charge is -2.13. The Morgan fingerprint density at radius 1 is 1.42 bits per heavy atom. The Balaban J connectivity index is 2.33. The average molecular weight is 263 g/mol. The smallest absolute Gasteiger partial charge is 0.173 e. The second kappa shape index (κ2) is 5.88. The zero-order valence-electron chi connectivity index (χ0n) is 11.4. The molecule has 1 atom stereocenters. The van der Waals surface area contributed by atoms with E-state index in [-0.39, 0.29) is 11.9 Å². The summed E-state index contributed by atoms with van der Waals surface area (Å²) in [6.07, 6.45) is 1.02. The number of aromatic nitrogens is 4. The quantitative estimate of drug-likeness (QED) is 0.898. The van der Waals surface area contributed by atoms with E-state index in [1.54, 1.807) is 6.07 Å². The number of rotatable bonds is 5. The molecule has 102 valence electrons. The van der Waals surface area contributed by atoms with Gasteiger partial charge in [0.25, 0.3) is 0 Å². The van der Waals surface area contributed by atoms with Crippen molar-refractivity contribution in [2.75, 3.05) is 6.54 Å². The van der Waals surface area contributed by atoms with E-state index in [1.165, 1.54) is 10.7 Å². The van der Waals surface area contributed by atoms with Crippen LogP contribution in [0.5, 0.6) is 0 Å². The van der Waals surface area contributed by atoms with Crippen molar-refractivity contribution in [3.63, 3.8) is 0 Å². The normalized spacial score (nSPS) is 12.6. The van der Waals surface area contributed by atoms with Gasteiger partial charge in [-0.1, -0.05) is 13.0 Å². The first-order chi connectivity index (χ1) is 9.13. The third-order valence-electron chi connectivity index (χ3n) is 2.91. The van der Waals surface area contributed by atoms with Gasteiger partial charge >= 0.3 is 0 Å². The first-order valence-corrected chi connectivity index (χ1v) is 6.41. The fourth-order valence-electron chi connectivity index (χ4n) is 1.87. The minimum atomic E-state index is -0.323. The molecule has 2 aromatic rings. The van der Waals surface area contributed by atoms with E-state index in [0.29, 0.717) is 11.5 Å². The van der Waals surface area contributed by atoms with Crippen molar-refractivity contribution in [2.45, 2.75) is 33.2 Å². The summed E-state index contributed by atoms with van der Waals surface area (Å²) in [5.74, 6) is 0.285. The van der Waals surface area contributed by atoms with Crippen LogP contribution in [0, 0.1) is 12.7 Å². The predicted octanol–water partition coefficient (Wildman–Crippen LogP) is 2.17. The van der Waals surface area contributed by atoms with Gasteiger partial charge in [0.1, 0.15) is 11.5 Å². The molecule has 0 spiro atoms. The summed E-state index contributed by atoms with van der Waals surface area (Å²) in [5.41, 5.74) is 1.24. The van der Waals surface area contributed by atoms with E-state index >= 15 is 0 Å². The molecule has 1 N–H and O–H groups in total. The monoisotopic (exact) mass is 263 g/mol. The van der Waals surface area contributed by atoms with Crippen LogP contribution in [0.1, 0.15) is 37.7 Å². The lowest BCUT2D eigenvalue weighted by atomic mass is 10.2. The molecule has 0 fully saturated rings. The number of hydrogen-bond acceptors (Lipinski definition) is 4. The lowest BCUT2D eigenvalue weighted by molar-refractivity contribution is 0.524. The maximum Gasteiger partial charge on any atom is 0.173 e. The topological polar surface area (TPSA) is 55.6 Å². The van der Waals surface area contributed by atoms with Gasteiger partial charge in [0, 0.05) is 0 Å². The molecule has 0 radical (unpaired) electrons. The first kappa shape index (κ1) is 13.6. The number of aryl methyl sites for hydroxylation is 1. The van der Waals surface area contributed by atoms with E-state index in [1.807, 2.05) is 19.9 Å². The number of tetrazole rings is 1. The Morgan fingerprint density at radius 2 is 2.21 bits per heavy atom. The van der Waals surface area contributed by atoms with Gasteiger partial charge in [0.2, 0.25) is 0 Å². The van der Waals surface area contributed by atoms with Gasteiger partial charge in [-0.3, -0.25) is 0 Å². The van der Waals surface area contributed by atoms with Gasteiger partial charge in [-0.25, -0.2) is 4.39 Å². The zero-order chi connectivity index (χ0) is 13.8. The van der Waals surface area contributed by atoms with Crippen LogP contribution in [-0.2, 0) is 0 Å². The van der Waals surface area contributed by atoms with Crippen molar-refractivity contribution < 1.29 is 4.39 Å². The largest absolute Gasteiger partial charge is 0.307 e. The van der Waals surface area contributed by atoms with Crippen LogP contribution >= 0.6 is 0 Å². The maximum atomic E-state index is 14.0. The van der Waals surface area contributed by atoms with Crippen LogP contribution in [-0.4, -0.2) is 26.8 Å². The van der Waals surface area contributed by atoms with Gasteiger partial charge < -0.3 is 5.32 Å². The second-order valence-electron chi connectivity index (χ2n) is 4.58. The standard InChI is InChI=1S/C13H18FN5/c1-4-7-15-10(3)13-16-17-18-19(13)12-6-5-9(2)8-11(12)14/h5-6,8,10,15H,4,7H2,1-3H3. The highest BCUT2D eigenvalue weighted by Crippen LogP contribution is 2.18. The van der Waals surface area contributed by atoms with Crippen LogP contribution in [0.3, 0.4) is 0 Å². The molecule has 0 aliphatic rings. The molecule has 0 saturated heterocycles. The molecule has 1 unspecified atom stereocenters. The van der Waals surface area contributed by atoms with Crippen molar-refractivity contribution in [1.29, 1.82) is 0 Å². The van der Waals surface area contributed by atoms with Crippen LogP contribution in [0.15, 0.2) is 18.2 Å². The molecule has 1 heterocycles. The summed E-state index contributed by atoms with van der Waals surface area (Å²) in [7, 11) is 0. The summed E-state index contributed by atoms with van der Waals surface area (Å²) in [6, 6.07) is 4.98. The van der Waals surface area contributed by atoms with Crippen molar-refractivity contribution in [2.24, 2.45) is 0 Å². The number of halogens is 1. The van der Waals surface area contributed by atoms with Crippen LogP contribution in [0.4, 0.5) is 4.39 Å². The molecular weight excluding hydrogens is 245 g/mol. The Labute approximate surface area is 111 Å². The maximum absolute atomic E-state index is 14.0. The number of hydrogen-bond donors (Lipinski definition) is 1. The molecule has 0 amide bonds. The molecule has 0 aliphatic carbocycles. The van der Waals surface area contributed by atoms with Crippen molar-refractivity contribution in [3.05, 3.63) is 35.4 Å². The molecule has 0 bridgehead atoms. The Bertz CT molecular complexity index is 552. The fourth-order valence-corrected chi connectivity index (χ4v) is 1.87. The second-order valence-corrected chi connectivity index (χ2v) is 4.58. The lowest BCUT2D eigenvalue weighted by Crippen LogP contribution is -2.23. The van der Waals surface area contributed by atoms with Gasteiger partial charge in [0.15, 0.2) is 5.82 Å². The third kappa shape index (κ3) is 2.96. The van der Waals surface area contributed by atoms with E-state index in [9.17, 15) is 4.39 Å².